The first-order chi connectivity index (χ1) is 11.7. The van der Waals surface area contributed by atoms with Gasteiger partial charge in [-0.2, -0.15) is 8.78 Å². The molecule has 5 nitrogen and oxygen atoms in total. The molecule has 152 valence electrons. The minimum atomic E-state index is -6.54. The van der Waals surface area contributed by atoms with Crippen LogP contribution in [0.4, 0.5) is 8.78 Å². The minimum Gasteiger partial charge on any atom is -0.806 e. The van der Waals surface area contributed by atoms with Gasteiger partial charge in [-0.25, -0.2) is 0 Å². The van der Waals surface area contributed by atoms with Gasteiger partial charge in [-0.3, -0.25) is 0 Å². The molecule has 0 rings (SSSR count). The zero-order valence-corrected chi connectivity index (χ0v) is 17.5. The second-order valence-electron chi connectivity index (χ2n) is 6.65. The Morgan fingerprint density at radius 1 is 0.846 bits per heavy atom. The molecule has 1 unspecified atom stereocenters. The van der Waals surface area contributed by atoms with Gasteiger partial charge in [0.2, 0.25) is 0 Å². The molecule has 0 aliphatic heterocycles. The Balaban J connectivity index is 4.49. The highest BCUT2D eigenvalue weighted by atomic mass is 31.2. The van der Waals surface area contributed by atoms with E-state index in [2.05, 4.69) is 12.2 Å². The Kier molecular flexibility index (Phi) is 10.4. The van der Waals surface area contributed by atoms with E-state index in [9.17, 15) is 32.6 Å². The van der Waals surface area contributed by atoms with Gasteiger partial charge in [-0.05, 0) is 66.0 Å². The van der Waals surface area contributed by atoms with E-state index in [0.717, 1.165) is 24.8 Å². The predicted octanol–water partition coefficient (Wildman–Crippen LogP) is 3.90. The SMILES string of the molecule is CC(C)=CCC/C(C)=C/CC/C(C)=C/CCP(=O)([O-])C(F)(F)P(=O)([O-])[O-]. The highest BCUT2D eigenvalue weighted by Gasteiger charge is 2.44. The predicted molar refractivity (Wildman–Crippen MR) is 95.1 cm³/mol. The quantitative estimate of drug-likeness (QED) is 0.379. The molecule has 0 spiro atoms. The molecule has 0 aliphatic rings. The maximum absolute atomic E-state index is 13.2. The highest BCUT2D eigenvalue weighted by molar-refractivity contribution is 7.72. The lowest BCUT2D eigenvalue weighted by molar-refractivity contribution is -0.330. The molecule has 0 saturated carbocycles. The first-order valence-corrected chi connectivity index (χ1v) is 11.7. The van der Waals surface area contributed by atoms with Crippen molar-refractivity contribution in [3.05, 3.63) is 34.9 Å². The van der Waals surface area contributed by atoms with E-state index in [0.29, 0.717) is 6.42 Å². The summed E-state index contributed by atoms with van der Waals surface area (Å²) in [6.07, 6.45) is 7.69. The first kappa shape index (κ1) is 25.4. The van der Waals surface area contributed by atoms with Gasteiger partial charge in [0.25, 0.3) is 0 Å². The number of allylic oxidation sites excluding steroid dienone is 6. The van der Waals surface area contributed by atoms with Crippen molar-refractivity contribution in [3.8, 4) is 0 Å². The smallest absolute Gasteiger partial charge is 0.308 e. The van der Waals surface area contributed by atoms with Crippen LogP contribution in [0.1, 0.15) is 59.8 Å². The van der Waals surface area contributed by atoms with Crippen molar-refractivity contribution in [1.29, 1.82) is 0 Å². The number of rotatable bonds is 11. The van der Waals surface area contributed by atoms with Crippen LogP contribution in [-0.4, -0.2) is 11.6 Å². The van der Waals surface area contributed by atoms with Crippen LogP contribution >= 0.6 is 15.0 Å². The average molecular weight is 411 g/mol. The number of halogens is 2. The molecular weight excluding hydrogens is 384 g/mol. The Morgan fingerprint density at radius 2 is 1.27 bits per heavy atom. The molecule has 1 atom stereocenters. The summed E-state index contributed by atoms with van der Waals surface area (Å²) in [6.45, 7) is 7.84. The molecule has 0 radical (unpaired) electrons. The normalized spacial score (nSPS) is 16.3. The fourth-order valence-electron chi connectivity index (χ4n) is 2.14. The van der Waals surface area contributed by atoms with E-state index in [-0.39, 0.29) is 6.42 Å². The molecule has 0 heterocycles. The van der Waals surface area contributed by atoms with Crippen LogP contribution in [0.3, 0.4) is 0 Å². The van der Waals surface area contributed by atoms with Crippen LogP contribution in [0.25, 0.3) is 0 Å². The zero-order valence-electron chi connectivity index (χ0n) is 15.7. The van der Waals surface area contributed by atoms with Crippen molar-refractivity contribution < 1.29 is 32.6 Å². The Morgan fingerprint density at radius 3 is 1.69 bits per heavy atom. The molecule has 0 aromatic heterocycles. The summed E-state index contributed by atoms with van der Waals surface area (Å²) < 4.78 is 48.2. The van der Waals surface area contributed by atoms with Crippen LogP contribution < -0.4 is 14.7 Å². The lowest BCUT2D eigenvalue weighted by Crippen LogP contribution is -2.35. The second kappa shape index (κ2) is 10.7. The van der Waals surface area contributed by atoms with Gasteiger partial charge in [0.15, 0.2) is 0 Å². The number of alkyl halides is 2. The third kappa shape index (κ3) is 8.88. The Labute approximate surface area is 154 Å². The van der Waals surface area contributed by atoms with Gasteiger partial charge in [0.1, 0.15) is 0 Å². The topological polar surface area (TPSA) is 103 Å². The lowest BCUT2D eigenvalue weighted by Gasteiger charge is -2.44. The average Bonchev–Trinajstić information content (AvgIpc) is 2.45. The van der Waals surface area contributed by atoms with E-state index < -0.39 is 26.5 Å². The molecule has 0 bridgehead atoms. The molecule has 9 heteroatoms. The van der Waals surface area contributed by atoms with Crippen molar-refractivity contribution in [2.75, 3.05) is 6.16 Å². The van der Waals surface area contributed by atoms with E-state index in [1.807, 2.05) is 20.8 Å². The van der Waals surface area contributed by atoms with Crippen molar-refractivity contribution in [2.24, 2.45) is 0 Å². The second-order valence-corrected chi connectivity index (χ2v) is 10.9. The number of hydrogen-bond donors (Lipinski definition) is 0. The van der Waals surface area contributed by atoms with Crippen LogP contribution in [0.2, 0.25) is 0 Å². The molecule has 0 aromatic carbocycles. The fraction of sp³-hybridized carbons (Fsp3) is 0.647. The number of hydrogen-bond acceptors (Lipinski definition) is 5. The standard InChI is InChI=1S/C17H30F2O5P2/c1-14(2)8-5-9-15(3)10-6-11-16(4)12-7-13-25(20,21)17(18,19)26(22,23)24/h8,10,12H,5-7,9,11,13H2,1-4H3,(H,20,21)(H2,22,23,24)/p-3/b15-10+,16-12+. The van der Waals surface area contributed by atoms with Gasteiger partial charge in [0, 0.05) is 7.60 Å². The summed E-state index contributed by atoms with van der Waals surface area (Å²) in [5.41, 5.74) is 3.32. The Hall–Kier alpha value is -0.580. The summed E-state index contributed by atoms with van der Waals surface area (Å²) in [5.74, 6) is 0. The molecule has 0 N–H and O–H groups in total. The van der Waals surface area contributed by atoms with E-state index in [4.69, 9.17) is 0 Å². The molecule has 0 amide bonds. The monoisotopic (exact) mass is 411 g/mol. The summed E-state index contributed by atoms with van der Waals surface area (Å²) in [6, 6.07) is 0. The highest BCUT2D eigenvalue weighted by Crippen LogP contribution is 2.67. The fourth-order valence-corrected chi connectivity index (χ4v) is 4.67. The molecule has 0 aromatic rings. The van der Waals surface area contributed by atoms with Gasteiger partial charge in [-0.15, -0.1) is 0 Å². The summed E-state index contributed by atoms with van der Waals surface area (Å²) in [7, 11) is -12.2. The van der Waals surface area contributed by atoms with Gasteiger partial charge in [-0.1, -0.05) is 34.9 Å². The van der Waals surface area contributed by atoms with Crippen LogP contribution in [-0.2, 0) is 9.13 Å². The molecule has 0 saturated heterocycles. The maximum Gasteiger partial charge on any atom is 0.308 e. The molecule has 0 fully saturated rings. The van der Waals surface area contributed by atoms with Crippen LogP contribution in [0.15, 0.2) is 34.9 Å². The van der Waals surface area contributed by atoms with E-state index >= 15 is 0 Å². The minimum absolute atomic E-state index is 0.258. The Bertz CT molecular complexity index is 644. The summed E-state index contributed by atoms with van der Waals surface area (Å²) in [4.78, 5) is 32.3. The van der Waals surface area contributed by atoms with Crippen molar-refractivity contribution in [2.45, 2.75) is 65.2 Å². The summed E-state index contributed by atoms with van der Waals surface area (Å²) in [5, 5.41) is -5.24. The summed E-state index contributed by atoms with van der Waals surface area (Å²) >= 11 is 0. The molecule has 26 heavy (non-hydrogen) atoms. The first-order valence-electron chi connectivity index (χ1n) is 8.35. The van der Waals surface area contributed by atoms with E-state index in [1.165, 1.54) is 17.2 Å². The molecular formula is C17H27F2O5P2-3. The van der Waals surface area contributed by atoms with Gasteiger partial charge < -0.3 is 23.8 Å². The van der Waals surface area contributed by atoms with Crippen LogP contribution in [0, 0.1) is 0 Å². The van der Waals surface area contributed by atoms with E-state index in [1.54, 1.807) is 6.92 Å². The molecule has 0 aliphatic carbocycles. The van der Waals surface area contributed by atoms with Gasteiger partial charge >= 0.3 is 5.40 Å². The van der Waals surface area contributed by atoms with Crippen molar-refractivity contribution >= 4 is 15.0 Å². The van der Waals surface area contributed by atoms with Gasteiger partial charge in [0.05, 0.1) is 7.37 Å². The van der Waals surface area contributed by atoms with Crippen molar-refractivity contribution in [3.63, 3.8) is 0 Å². The van der Waals surface area contributed by atoms with Crippen LogP contribution in [0.5, 0.6) is 0 Å². The van der Waals surface area contributed by atoms with Crippen molar-refractivity contribution in [1.82, 2.24) is 0 Å². The third-order valence-electron chi connectivity index (χ3n) is 3.78. The lowest BCUT2D eigenvalue weighted by atomic mass is 10.1. The largest absolute Gasteiger partial charge is 0.806 e. The maximum atomic E-state index is 13.2. The third-order valence-corrected chi connectivity index (χ3v) is 7.75. The zero-order chi connectivity index (χ0) is 20.6.